The largest absolute Gasteiger partial charge is 0.313 e. The molecule has 0 saturated heterocycles. The average Bonchev–Trinajstić information content (AvgIpc) is 3.94. The van der Waals surface area contributed by atoms with Gasteiger partial charge in [0.25, 0.3) is 0 Å². The van der Waals surface area contributed by atoms with E-state index in [-0.39, 0.29) is 0 Å². The Balaban J connectivity index is 0.998. The van der Waals surface area contributed by atoms with Gasteiger partial charge in [-0.2, -0.15) is 0 Å². The van der Waals surface area contributed by atoms with Crippen molar-refractivity contribution < 1.29 is 0 Å². The minimum absolute atomic E-state index is 0.415. The number of thioether (sulfide) groups is 1. The second-order valence-corrected chi connectivity index (χ2v) is 16.3. The van der Waals surface area contributed by atoms with Crippen LogP contribution in [0, 0.1) is 0 Å². The fourth-order valence-corrected chi connectivity index (χ4v) is 10.6. The number of benzene rings is 7. The summed E-state index contributed by atoms with van der Waals surface area (Å²) in [4.78, 5) is 7.15. The second-order valence-electron chi connectivity index (χ2n) is 15.2. The van der Waals surface area contributed by atoms with E-state index in [0.29, 0.717) is 5.92 Å². The van der Waals surface area contributed by atoms with E-state index in [2.05, 4.69) is 196 Å². The summed E-state index contributed by atoms with van der Waals surface area (Å²) in [6.07, 6.45) is 9.44. The van der Waals surface area contributed by atoms with Gasteiger partial charge in [-0.3, -0.25) is 4.98 Å². The zero-order valence-corrected chi connectivity index (χ0v) is 31.8. The van der Waals surface area contributed by atoms with E-state index in [9.17, 15) is 0 Å². The molecule has 0 N–H and O–H groups in total. The monoisotopic (exact) mass is 745 g/mol. The number of nitrogens with zero attached hydrogens (tertiary/aromatic N) is 3. The van der Waals surface area contributed by atoms with Crippen LogP contribution in [0.5, 0.6) is 0 Å². The minimum atomic E-state index is 0.415. The molecule has 57 heavy (non-hydrogen) atoms. The van der Waals surface area contributed by atoms with E-state index in [0.717, 1.165) is 23.2 Å². The van der Waals surface area contributed by atoms with Gasteiger partial charge in [0.2, 0.25) is 0 Å². The summed E-state index contributed by atoms with van der Waals surface area (Å²) in [5.74, 6) is 0.415. The normalized spacial score (nSPS) is 14.9. The smallest absolute Gasteiger partial charge is 0.0541 e. The summed E-state index contributed by atoms with van der Waals surface area (Å²) in [5, 5.41) is 5.05. The highest BCUT2D eigenvalue weighted by Gasteiger charge is 2.31. The lowest BCUT2D eigenvalue weighted by Gasteiger charge is -2.21. The first-order valence-electron chi connectivity index (χ1n) is 19.6. The van der Waals surface area contributed by atoms with Crippen molar-refractivity contribution in [1.82, 2.24) is 14.1 Å². The van der Waals surface area contributed by atoms with Crippen LogP contribution in [-0.4, -0.2) is 14.1 Å². The third-order valence-electron chi connectivity index (χ3n) is 12.0. The second kappa shape index (κ2) is 12.8. The van der Waals surface area contributed by atoms with Crippen LogP contribution in [0.1, 0.15) is 17.9 Å². The first-order valence-corrected chi connectivity index (χ1v) is 20.4. The standard InChI is InChI=1S/C53H35N3S/c1-2-10-34(11-3-1)38-28-39(35-24-26-54-27-25-35)30-41(29-38)56-49-16-8-5-13-43(49)46-32-37(19-22-51(46)56)36-18-21-50-45(31-36)42-12-4-7-15-48(42)55(50)40-20-23-53-47(33-40)44-14-6-9-17-52(44)57-53/h1-32,47H,33H2. The molecule has 0 bridgehead atoms. The lowest BCUT2D eigenvalue weighted by molar-refractivity contribution is 0.823. The zero-order chi connectivity index (χ0) is 37.5. The van der Waals surface area contributed by atoms with Gasteiger partial charge in [0, 0.05) is 56.1 Å². The van der Waals surface area contributed by atoms with Gasteiger partial charge in [-0.05, 0) is 135 Å². The van der Waals surface area contributed by atoms with Gasteiger partial charge in [0.05, 0.1) is 22.1 Å². The molecule has 0 fully saturated rings. The molecule has 0 amide bonds. The molecule has 3 nitrogen and oxygen atoms in total. The van der Waals surface area contributed by atoms with Gasteiger partial charge >= 0.3 is 0 Å². The van der Waals surface area contributed by atoms with Crippen molar-refractivity contribution in [1.29, 1.82) is 0 Å². The molecular weight excluding hydrogens is 711 g/mol. The van der Waals surface area contributed by atoms with E-state index in [1.54, 1.807) is 0 Å². The number of fused-ring (bicyclic) bond motifs is 9. The molecule has 4 heteroatoms. The molecule has 7 aromatic carbocycles. The molecule has 0 radical (unpaired) electrons. The van der Waals surface area contributed by atoms with E-state index >= 15 is 0 Å². The molecule has 12 rings (SSSR count). The van der Waals surface area contributed by atoms with Crippen molar-refractivity contribution in [3.63, 3.8) is 0 Å². The van der Waals surface area contributed by atoms with Gasteiger partial charge in [-0.25, -0.2) is 0 Å². The summed E-state index contributed by atoms with van der Waals surface area (Å²) in [7, 11) is 0. The highest BCUT2D eigenvalue weighted by Crippen LogP contribution is 2.53. The summed E-state index contributed by atoms with van der Waals surface area (Å²) in [6, 6.07) is 62.5. The third-order valence-corrected chi connectivity index (χ3v) is 13.2. The van der Waals surface area contributed by atoms with Crippen molar-refractivity contribution in [2.45, 2.75) is 17.2 Å². The Hall–Kier alpha value is -6.88. The van der Waals surface area contributed by atoms with Crippen LogP contribution < -0.4 is 0 Å². The summed E-state index contributed by atoms with van der Waals surface area (Å²) >= 11 is 1.93. The number of rotatable bonds is 5. The predicted octanol–water partition coefficient (Wildman–Crippen LogP) is 14.3. The van der Waals surface area contributed by atoms with Crippen molar-refractivity contribution in [2.24, 2.45) is 0 Å². The van der Waals surface area contributed by atoms with Crippen LogP contribution in [0.4, 0.5) is 0 Å². The van der Waals surface area contributed by atoms with E-state index in [4.69, 9.17) is 0 Å². The van der Waals surface area contributed by atoms with Crippen LogP contribution in [0.3, 0.4) is 0 Å². The number of hydrogen-bond acceptors (Lipinski definition) is 2. The summed E-state index contributed by atoms with van der Waals surface area (Å²) < 4.78 is 4.94. The highest BCUT2D eigenvalue weighted by molar-refractivity contribution is 8.03. The fourth-order valence-electron chi connectivity index (χ4n) is 9.34. The molecule has 1 unspecified atom stereocenters. The zero-order valence-electron chi connectivity index (χ0n) is 31.0. The Kier molecular flexibility index (Phi) is 7.29. The van der Waals surface area contributed by atoms with Crippen LogP contribution >= 0.6 is 11.8 Å². The van der Waals surface area contributed by atoms with Crippen LogP contribution in [0.25, 0.3) is 88.4 Å². The van der Waals surface area contributed by atoms with Crippen molar-refractivity contribution in [3.8, 4) is 39.1 Å². The van der Waals surface area contributed by atoms with Crippen molar-refractivity contribution >= 4 is 61.1 Å². The topological polar surface area (TPSA) is 22.8 Å². The molecule has 0 spiro atoms. The van der Waals surface area contributed by atoms with E-state index in [1.807, 2.05) is 24.2 Å². The van der Waals surface area contributed by atoms with Gasteiger partial charge in [0.1, 0.15) is 0 Å². The van der Waals surface area contributed by atoms with Gasteiger partial charge in [0.15, 0.2) is 0 Å². The molecule has 10 aromatic rings. The van der Waals surface area contributed by atoms with Crippen molar-refractivity contribution in [3.05, 3.63) is 205 Å². The SMILES string of the molecule is C1=C2Sc3ccccc3C2CC(n2c3ccccc3c3cc(-c4ccc5c(c4)c4ccccc4n5-c4cc(-c5ccccc5)cc(-c5ccncc5)c4)ccc32)=C1. The molecular formula is C53H35N3S. The van der Waals surface area contributed by atoms with Crippen LogP contribution in [0.15, 0.2) is 204 Å². The molecule has 268 valence electrons. The maximum Gasteiger partial charge on any atom is 0.0541 e. The van der Waals surface area contributed by atoms with Gasteiger partial charge in [-0.15, -0.1) is 0 Å². The Bertz CT molecular complexity index is 3240. The van der Waals surface area contributed by atoms with Crippen molar-refractivity contribution in [2.75, 3.05) is 0 Å². The Morgan fingerprint density at radius 3 is 1.74 bits per heavy atom. The first-order chi connectivity index (χ1) is 28.2. The molecule has 1 atom stereocenters. The summed E-state index contributed by atoms with van der Waals surface area (Å²) in [6.45, 7) is 0. The van der Waals surface area contributed by atoms with Gasteiger partial charge in [-0.1, -0.05) is 109 Å². The number of hydrogen-bond donors (Lipinski definition) is 0. The first kappa shape index (κ1) is 32.4. The average molecular weight is 746 g/mol. The fraction of sp³-hybridized carbons (Fsp3) is 0.0377. The Labute approximate surface area is 334 Å². The Morgan fingerprint density at radius 1 is 0.439 bits per heavy atom. The van der Waals surface area contributed by atoms with E-state index < -0.39 is 0 Å². The molecule has 1 aliphatic heterocycles. The minimum Gasteiger partial charge on any atom is -0.313 e. The van der Waals surface area contributed by atoms with Crippen LogP contribution in [0.2, 0.25) is 0 Å². The van der Waals surface area contributed by atoms with Crippen LogP contribution in [-0.2, 0) is 0 Å². The predicted molar refractivity (Wildman–Crippen MR) is 240 cm³/mol. The number of aromatic nitrogens is 3. The highest BCUT2D eigenvalue weighted by atomic mass is 32.2. The number of para-hydroxylation sites is 2. The molecule has 0 saturated carbocycles. The molecule has 1 aliphatic carbocycles. The molecule has 2 aliphatic rings. The maximum atomic E-state index is 4.30. The van der Waals surface area contributed by atoms with Gasteiger partial charge < -0.3 is 9.13 Å². The quantitative estimate of drug-likeness (QED) is 0.175. The number of pyridine rings is 1. The molecule has 4 heterocycles. The Morgan fingerprint density at radius 2 is 1.02 bits per heavy atom. The maximum absolute atomic E-state index is 4.30. The summed E-state index contributed by atoms with van der Waals surface area (Å²) in [5.41, 5.74) is 15.9. The number of allylic oxidation sites excluding steroid dienone is 4. The van der Waals surface area contributed by atoms with E-state index in [1.165, 1.54) is 86.9 Å². The lowest BCUT2D eigenvalue weighted by Crippen LogP contribution is -2.06. The lowest BCUT2D eigenvalue weighted by atomic mass is 9.90. The third kappa shape index (κ3) is 5.18. The molecule has 3 aromatic heterocycles.